The molecule has 2 heterocycles. The molecule has 1 aromatic heterocycles. The van der Waals surface area contributed by atoms with Crippen LogP contribution in [0.1, 0.15) is 22.9 Å². The Bertz CT molecular complexity index is 781. The van der Waals surface area contributed by atoms with E-state index < -0.39 is 11.7 Å². The Morgan fingerprint density at radius 3 is 3.08 bits per heavy atom. The van der Waals surface area contributed by atoms with Gasteiger partial charge in [0, 0.05) is 24.4 Å². The molecule has 1 aromatic carbocycles. The van der Waals surface area contributed by atoms with Crippen molar-refractivity contribution in [1.82, 2.24) is 15.5 Å². The number of aryl methyl sites for hydroxylation is 1. The van der Waals surface area contributed by atoms with E-state index in [1.165, 1.54) is 41.3 Å². The summed E-state index contributed by atoms with van der Waals surface area (Å²) in [6, 6.07) is 4.05. The van der Waals surface area contributed by atoms with E-state index in [9.17, 15) is 14.0 Å². The predicted molar refractivity (Wildman–Crippen MR) is 90.8 cm³/mol. The molecule has 1 atom stereocenters. The Morgan fingerprint density at radius 2 is 2.33 bits per heavy atom. The van der Waals surface area contributed by atoms with E-state index in [4.69, 9.17) is 0 Å². The molecule has 0 radical (unpaired) electrons. The first kappa shape index (κ1) is 16.8. The topological polar surface area (TPSA) is 84.0 Å². The van der Waals surface area contributed by atoms with Crippen LogP contribution >= 0.6 is 23.1 Å². The van der Waals surface area contributed by atoms with Crippen molar-refractivity contribution >= 4 is 40.6 Å². The average molecular weight is 366 g/mol. The number of fused-ring (bicyclic) bond motifs is 1. The number of aromatic nitrogens is 2. The average Bonchev–Trinajstić information content (AvgIpc) is 2.96. The van der Waals surface area contributed by atoms with Crippen LogP contribution in [0.4, 0.5) is 10.1 Å². The quantitative estimate of drug-likeness (QED) is 0.627. The minimum Gasteiger partial charge on any atom is -0.355 e. The molecule has 2 N–H and O–H groups in total. The van der Waals surface area contributed by atoms with Gasteiger partial charge in [-0.25, -0.2) is 4.39 Å². The van der Waals surface area contributed by atoms with Gasteiger partial charge < -0.3 is 10.6 Å². The monoisotopic (exact) mass is 366 g/mol. The van der Waals surface area contributed by atoms with E-state index in [-0.39, 0.29) is 18.2 Å². The predicted octanol–water partition coefficient (Wildman–Crippen LogP) is 2.32. The molecule has 1 aliphatic heterocycles. The molecular weight excluding hydrogens is 351 g/mol. The second-order valence-electron chi connectivity index (χ2n) is 5.26. The van der Waals surface area contributed by atoms with Crippen LogP contribution in [0.15, 0.2) is 22.5 Å². The van der Waals surface area contributed by atoms with Gasteiger partial charge in [0.2, 0.25) is 11.8 Å². The van der Waals surface area contributed by atoms with Gasteiger partial charge in [-0.3, -0.25) is 9.59 Å². The lowest BCUT2D eigenvalue weighted by molar-refractivity contribution is -0.126. The molecule has 0 bridgehead atoms. The molecule has 24 heavy (non-hydrogen) atoms. The number of halogens is 1. The van der Waals surface area contributed by atoms with Crippen molar-refractivity contribution in [2.75, 3.05) is 17.6 Å². The highest BCUT2D eigenvalue weighted by molar-refractivity contribution is 8.01. The van der Waals surface area contributed by atoms with Crippen LogP contribution in [0.5, 0.6) is 0 Å². The van der Waals surface area contributed by atoms with Gasteiger partial charge in [0.25, 0.3) is 0 Å². The summed E-state index contributed by atoms with van der Waals surface area (Å²) in [5, 5.41) is 14.3. The lowest BCUT2D eigenvalue weighted by atomic mass is 9.89. The second kappa shape index (κ2) is 7.27. The zero-order valence-electron chi connectivity index (χ0n) is 12.8. The van der Waals surface area contributed by atoms with E-state index in [1.807, 2.05) is 6.92 Å². The summed E-state index contributed by atoms with van der Waals surface area (Å²) in [6.45, 7) is 2.32. The zero-order valence-corrected chi connectivity index (χ0v) is 14.5. The van der Waals surface area contributed by atoms with Crippen molar-refractivity contribution in [2.45, 2.75) is 23.6 Å². The summed E-state index contributed by atoms with van der Waals surface area (Å²) in [5.41, 5.74) is 1.01. The van der Waals surface area contributed by atoms with Crippen molar-refractivity contribution < 1.29 is 14.0 Å². The molecule has 0 aliphatic carbocycles. The number of nitrogens with zero attached hydrogens (tertiary/aromatic N) is 2. The van der Waals surface area contributed by atoms with Crippen molar-refractivity contribution in [1.29, 1.82) is 0 Å². The molecule has 0 spiro atoms. The fourth-order valence-corrected chi connectivity index (χ4v) is 4.18. The maximum Gasteiger partial charge on any atom is 0.228 e. The van der Waals surface area contributed by atoms with Crippen molar-refractivity contribution in [3.05, 3.63) is 34.6 Å². The van der Waals surface area contributed by atoms with Crippen LogP contribution in [0.25, 0.3) is 0 Å². The zero-order chi connectivity index (χ0) is 17.1. The Hall–Kier alpha value is -2.00. The molecule has 2 amide bonds. The van der Waals surface area contributed by atoms with Crippen LogP contribution in [-0.4, -0.2) is 34.3 Å². The minimum atomic E-state index is -0.668. The summed E-state index contributed by atoms with van der Waals surface area (Å²) in [6.07, 6.45) is 0.0189. The van der Waals surface area contributed by atoms with Gasteiger partial charge in [0.1, 0.15) is 10.8 Å². The third-order valence-electron chi connectivity index (χ3n) is 3.50. The van der Waals surface area contributed by atoms with Crippen molar-refractivity contribution in [2.24, 2.45) is 0 Å². The molecule has 9 heteroatoms. The third-order valence-corrected chi connectivity index (χ3v) is 5.48. The fourth-order valence-electron chi connectivity index (χ4n) is 2.44. The van der Waals surface area contributed by atoms with E-state index in [1.54, 1.807) is 0 Å². The number of hydrogen-bond acceptors (Lipinski definition) is 6. The van der Waals surface area contributed by atoms with Crippen molar-refractivity contribution in [3.63, 3.8) is 0 Å². The highest BCUT2D eigenvalue weighted by atomic mass is 32.2. The molecule has 3 rings (SSSR count). The van der Waals surface area contributed by atoms with Gasteiger partial charge >= 0.3 is 0 Å². The number of nitrogens with one attached hydrogen (secondary N) is 2. The molecule has 1 aliphatic rings. The van der Waals surface area contributed by atoms with Crippen LogP contribution in [0, 0.1) is 12.7 Å². The number of carbonyl (C=O) groups excluding carboxylic acids is 2. The first-order chi connectivity index (χ1) is 11.5. The number of hydrogen-bond donors (Lipinski definition) is 2. The molecule has 126 valence electrons. The summed E-state index contributed by atoms with van der Waals surface area (Å²) in [4.78, 5) is 24.1. The Balaban J connectivity index is 1.59. The van der Waals surface area contributed by atoms with Crippen LogP contribution in [0.3, 0.4) is 0 Å². The first-order valence-electron chi connectivity index (χ1n) is 7.33. The summed E-state index contributed by atoms with van der Waals surface area (Å²) in [7, 11) is 0. The molecule has 0 fully saturated rings. The van der Waals surface area contributed by atoms with E-state index in [0.29, 0.717) is 23.5 Å². The number of carbonyl (C=O) groups is 2. The van der Waals surface area contributed by atoms with E-state index in [2.05, 4.69) is 20.8 Å². The lowest BCUT2D eigenvalue weighted by Gasteiger charge is -2.24. The first-order valence-corrected chi connectivity index (χ1v) is 9.13. The Labute approximate surface area is 146 Å². The van der Waals surface area contributed by atoms with Crippen LogP contribution in [0.2, 0.25) is 0 Å². The van der Waals surface area contributed by atoms with Crippen molar-refractivity contribution in [3.8, 4) is 0 Å². The normalized spacial score (nSPS) is 16.4. The number of rotatable bonds is 5. The maximum atomic E-state index is 13.5. The molecule has 2 aromatic rings. The highest BCUT2D eigenvalue weighted by Gasteiger charge is 2.30. The van der Waals surface area contributed by atoms with Gasteiger partial charge in [0.15, 0.2) is 4.34 Å². The van der Waals surface area contributed by atoms with E-state index >= 15 is 0 Å². The lowest BCUT2D eigenvalue weighted by Crippen LogP contribution is -2.36. The molecular formula is C15H15FN4O2S2. The largest absolute Gasteiger partial charge is 0.355 e. The second-order valence-corrected chi connectivity index (χ2v) is 7.79. The standard InChI is InChI=1S/C15H15FN4O2S2/c1-8-19-20-15(24-8)23-5-4-17-14(22)11-7-13(21)18-12-3-2-9(16)6-10(11)12/h2-3,6,11H,4-5,7H2,1H3,(H,17,22)(H,18,21)/t11-/m1/s1. The van der Waals surface area contributed by atoms with Crippen LogP contribution in [-0.2, 0) is 9.59 Å². The fraction of sp³-hybridized carbons (Fsp3) is 0.333. The van der Waals surface area contributed by atoms with Gasteiger partial charge in [-0.1, -0.05) is 23.1 Å². The number of thioether (sulfide) groups is 1. The molecule has 6 nitrogen and oxygen atoms in total. The van der Waals surface area contributed by atoms with E-state index in [0.717, 1.165) is 9.35 Å². The number of anilines is 1. The smallest absolute Gasteiger partial charge is 0.228 e. The summed E-state index contributed by atoms with van der Waals surface area (Å²) >= 11 is 3.01. The molecule has 0 saturated carbocycles. The molecule has 0 saturated heterocycles. The number of benzene rings is 1. The number of amides is 2. The molecule has 0 unspecified atom stereocenters. The SMILES string of the molecule is Cc1nnc(SCCNC(=O)[C@@H]2CC(=O)Nc3ccc(F)cc32)s1. The summed E-state index contributed by atoms with van der Waals surface area (Å²) in [5.74, 6) is -0.961. The Morgan fingerprint density at radius 1 is 1.50 bits per heavy atom. The summed E-state index contributed by atoms with van der Waals surface area (Å²) < 4.78 is 14.3. The highest BCUT2D eigenvalue weighted by Crippen LogP contribution is 2.32. The van der Waals surface area contributed by atoms with Gasteiger partial charge in [-0.05, 0) is 30.7 Å². The maximum absolute atomic E-state index is 13.5. The van der Waals surface area contributed by atoms with Gasteiger partial charge in [-0.15, -0.1) is 10.2 Å². The van der Waals surface area contributed by atoms with Crippen LogP contribution < -0.4 is 10.6 Å². The minimum absolute atomic E-state index is 0.0189. The van der Waals surface area contributed by atoms with Gasteiger partial charge in [-0.2, -0.15) is 0 Å². The Kier molecular flexibility index (Phi) is 5.10. The van der Waals surface area contributed by atoms with Gasteiger partial charge in [0.05, 0.1) is 5.92 Å². The third kappa shape index (κ3) is 3.90.